The van der Waals surface area contributed by atoms with Crippen LogP contribution in [-0.2, 0) is 7.05 Å². The molecule has 1 heterocycles. The Labute approximate surface area is 77.0 Å². The summed E-state index contributed by atoms with van der Waals surface area (Å²) in [6.45, 7) is 4.00. The van der Waals surface area contributed by atoms with E-state index in [0.717, 1.165) is 5.69 Å². The van der Waals surface area contributed by atoms with Crippen molar-refractivity contribution in [3.05, 3.63) is 17.3 Å². The highest BCUT2D eigenvalue weighted by Gasteiger charge is 2.16. The summed E-state index contributed by atoms with van der Waals surface area (Å²) in [4.78, 5) is 10.7. The first-order valence-electron chi connectivity index (χ1n) is 4.13. The molecule has 13 heavy (non-hydrogen) atoms. The number of hydrogen-bond acceptors (Lipinski definition) is 2. The van der Waals surface area contributed by atoms with Crippen LogP contribution in [0.25, 0.3) is 0 Å². The Morgan fingerprint density at radius 1 is 1.62 bits per heavy atom. The average molecular weight is 182 g/mol. The smallest absolute Gasteiger partial charge is 0.339 e. The molecular weight excluding hydrogens is 168 g/mol. The standard InChI is InChI=1S/C9H14N2O2/c1-5(2)7-4-6(9(12)13)8(10)11(7)3/h4-5H,10H2,1-3H3,(H,12,13). The van der Waals surface area contributed by atoms with Crippen LogP contribution < -0.4 is 5.73 Å². The molecule has 0 aliphatic rings. The molecule has 0 bridgehead atoms. The molecule has 0 amide bonds. The lowest BCUT2D eigenvalue weighted by molar-refractivity contribution is 0.0698. The normalized spacial score (nSPS) is 10.8. The molecule has 1 rings (SSSR count). The zero-order chi connectivity index (χ0) is 10.2. The van der Waals surface area contributed by atoms with Crippen LogP contribution in [0.15, 0.2) is 6.07 Å². The summed E-state index contributed by atoms with van der Waals surface area (Å²) in [6, 6.07) is 1.63. The van der Waals surface area contributed by atoms with Crippen LogP contribution in [0.5, 0.6) is 0 Å². The van der Waals surface area contributed by atoms with Crippen LogP contribution in [0.2, 0.25) is 0 Å². The first-order chi connectivity index (χ1) is 5.95. The van der Waals surface area contributed by atoms with Crippen molar-refractivity contribution >= 4 is 11.8 Å². The van der Waals surface area contributed by atoms with Gasteiger partial charge in [-0.15, -0.1) is 0 Å². The lowest BCUT2D eigenvalue weighted by Crippen LogP contribution is -2.04. The Morgan fingerprint density at radius 2 is 2.15 bits per heavy atom. The topological polar surface area (TPSA) is 68.2 Å². The van der Waals surface area contributed by atoms with Crippen molar-refractivity contribution in [3.8, 4) is 0 Å². The van der Waals surface area contributed by atoms with E-state index in [-0.39, 0.29) is 11.5 Å². The van der Waals surface area contributed by atoms with Gasteiger partial charge in [-0.2, -0.15) is 0 Å². The zero-order valence-corrected chi connectivity index (χ0v) is 8.03. The minimum Gasteiger partial charge on any atom is -0.478 e. The molecule has 0 radical (unpaired) electrons. The zero-order valence-electron chi connectivity index (χ0n) is 8.03. The molecular formula is C9H14N2O2. The molecule has 0 unspecified atom stereocenters. The van der Waals surface area contributed by atoms with E-state index in [0.29, 0.717) is 5.82 Å². The second-order valence-corrected chi connectivity index (χ2v) is 3.39. The molecule has 1 aromatic heterocycles. The van der Waals surface area contributed by atoms with E-state index in [4.69, 9.17) is 10.8 Å². The minimum atomic E-state index is -0.972. The van der Waals surface area contributed by atoms with Gasteiger partial charge < -0.3 is 15.4 Å². The summed E-state index contributed by atoms with van der Waals surface area (Å²) in [5.74, 6) is -0.378. The molecule has 0 aliphatic heterocycles. The molecule has 3 N–H and O–H groups in total. The van der Waals surface area contributed by atoms with Crippen LogP contribution >= 0.6 is 0 Å². The van der Waals surface area contributed by atoms with E-state index in [1.54, 1.807) is 17.7 Å². The van der Waals surface area contributed by atoms with Gasteiger partial charge in [-0.25, -0.2) is 4.79 Å². The van der Waals surface area contributed by atoms with Gasteiger partial charge in [-0.05, 0) is 12.0 Å². The van der Waals surface area contributed by atoms with Crippen molar-refractivity contribution in [3.63, 3.8) is 0 Å². The lowest BCUT2D eigenvalue weighted by atomic mass is 10.1. The molecule has 0 aromatic carbocycles. The Morgan fingerprint density at radius 3 is 2.38 bits per heavy atom. The Kier molecular flexibility index (Phi) is 2.32. The fraction of sp³-hybridized carbons (Fsp3) is 0.444. The van der Waals surface area contributed by atoms with Gasteiger partial charge in [-0.1, -0.05) is 13.8 Å². The molecule has 72 valence electrons. The highest BCUT2D eigenvalue weighted by Crippen LogP contribution is 2.23. The lowest BCUT2D eigenvalue weighted by Gasteiger charge is -2.06. The third kappa shape index (κ3) is 1.52. The minimum absolute atomic E-state index is 0.186. The van der Waals surface area contributed by atoms with Gasteiger partial charge in [-0.3, -0.25) is 0 Å². The Hall–Kier alpha value is -1.45. The molecule has 4 heteroatoms. The maximum atomic E-state index is 10.7. The number of aromatic nitrogens is 1. The molecule has 1 aromatic rings. The fourth-order valence-electron chi connectivity index (χ4n) is 1.36. The van der Waals surface area contributed by atoms with E-state index >= 15 is 0 Å². The van der Waals surface area contributed by atoms with E-state index < -0.39 is 5.97 Å². The second-order valence-electron chi connectivity index (χ2n) is 3.39. The highest BCUT2D eigenvalue weighted by molar-refractivity contribution is 5.93. The molecule has 0 saturated heterocycles. The molecule has 0 aliphatic carbocycles. The Balaban J connectivity index is 3.28. The maximum Gasteiger partial charge on any atom is 0.339 e. The van der Waals surface area contributed by atoms with Crippen molar-refractivity contribution < 1.29 is 9.90 Å². The number of anilines is 1. The number of carbonyl (C=O) groups is 1. The van der Waals surface area contributed by atoms with Crippen molar-refractivity contribution in [1.82, 2.24) is 4.57 Å². The average Bonchev–Trinajstić information content (AvgIpc) is 2.29. The predicted molar refractivity (Wildman–Crippen MR) is 50.9 cm³/mol. The van der Waals surface area contributed by atoms with Crippen LogP contribution in [0.4, 0.5) is 5.82 Å². The van der Waals surface area contributed by atoms with Gasteiger partial charge >= 0.3 is 5.97 Å². The summed E-state index contributed by atoms with van der Waals surface area (Å²) in [7, 11) is 1.77. The second kappa shape index (κ2) is 3.12. The van der Waals surface area contributed by atoms with Crippen LogP contribution in [0.1, 0.15) is 35.8 Å². The van der Waals surface area contributed by atoms with E-state index in [9.17, 15) is 4.79 Å². The van der Waals surface area contributed by atoms with Gasteiger partial charge in [0.15, 0.2) is 0 Å². The van der Waals surface area contributed by atoms with Crippen LogP contribution in [0.3, 0.4) is 0 Å². The predicted octanol–water partition coefficient (Wildman–Crippen LogP) is 1.43. The van der Waals surface area contributed by atoms with E-state index in [1.165, 1.54) is 0 Å². The van der Waals surface area contributed by atoms with E-state index in [1.807, 2.05) is 13.8 Å². The monoisotopic (exact) mass is 182 g/mol. The first-order valence-corrected chi connectivity index (χ1v) is 4.13. The third-order valence-electron chi connectivity index (χ3n) is 2.14. The number of aromatic carboxylic acids is 1. The largest absolute Gasteiger partial charge is 0.478 e. The molecule has 0 fully saturated rings. The number of carboxylic acids is 1. The maximum absolute atomic E-state index is 10.7. The number of rotatable bonds is 2. The quantitative estimate of drug-likeness (QED) is 0.727. The summed E-state index contributed by atoms with van der Waals surface area (Å²) in [5, 5.41) is 8.79. The third-order valence-corrected chi connectivity index (χ3v) is 2.14. The van der Waals surface area contributed by atoms with Crippen molar-refractivity contribution in [1.29, 1.82) is 0 Å². The van der Waals surface area contributed by atoms with Crippen LogP contribution in [0, 0.1) is 0 Å². The summed E-state index contributed by atoms with van der Waals surface area (Å²) >= 11 is 0. The van der Waals surface area contributed by atoms with Crippen molar-refractivity contribution in [2.45, 2.75) is 19.8 Å². The number of hydrogen-bond donors (Lipinski definition) is 2. The molecule has 0 atom stereocenters. The molecule has 4 nitrogen and oxygen atoms in total. The van der Waals surface area contributed by atoms with Gasteiger partial charge in [0.1, 0.15) is 11.4 Å². The van der Waals surface area contributed by atoms with E-state index in [2.05, 4.69) is 0 Å². The molecule has 0 spiro atoms. The number of nitrogens with two attached hydrogens (primary N) is 1. The van der Waals surface area contributed by atoms with Gasteiger partial charge in [0, 0.05) is 12.7 Å². The SMILES string of the molecule is CC(C)c1cc(C(=O)O)c(N)n1C. The summed E-state index contributed by atoms with van der Waals surface area (Å²) in [6.07, 6.45) is 0. The number of nitrogen functional groups attached to an aromatic ring is 1. The van der Waals surface area contributed by atoms with Crippen molar-refractivity contribution in [2.24, 2.45) is 7.05 Å². The van der Waals surface area contributed by atoms with Gasteiger partial charge in [0.25, 0.3) is 0 Å². The highest BCUT2D eigenvalue weighted by atomic mass is 16.4. The van der Waals surface area contributed by atoms with Gasteiger partial charge in [0.05, 0.1) is 0 Å². The summed E-state index contributed by atoms with van der Waals surface area (Å²) < 4.78 is 1.72. The fourth-order valence-corrected chi connectivity index (χ4v) is 1.36. The van der Waals surface area contributed by atoms with Crippen molar-refractivity contribution in [2.75, 3.05) is 5.73 Å². The van der Waals surface area contributed by atoms with Gasteiger partial charge in [0.2, 0.25) is 0 Å². The molecule has 0 saturated carbocycles. The van der Waals surface area contributed by atoms with Crippen LogP contribution in [-0.4, -0.2) is 15.6 Å². The summed E-state index contributed by atoms with van der Waals surface area (Å²) in [5.41, 5.74) is 6.75. The number of carboxylic acid groups (broad SMARTS) is 1. The first kappa shape index (κ1) is 9.64. The Bertz CT molecular complexity index is 340. The number of nitrogens with zero attached hydrogens (tertiary/aromatic N) is 1.